The molecule has 0 N–H and O–H groups in total. The molecule has 0 bridgehead atoms. The van der Waals surface area contributed by atoms with Gasteiger partial charge in [-0.1, -0.05) is 68.5 Å². The van der Waals surface area contributed by atoms with Crippen molar-refractivity contribution < 1.29 is 13.6 Å². The van der Waals surface area contributed by atoms with Gasteiger partial charge >= 0.3 is 8.60 Å². The van der Waals surface area contributed by atoms with Crippen molar-refractivity contribution in [2.75, 3.05) is 6.61 Å². The zero-order valence-electron chi connectivity index (χ0n) is 16.4. The minimum absolute atomic E-state index is 0.545. The Morgan fingerprint density at radius 2 is 1.31 bits per heavy atom. The van der Waals surface area contributed by atoms with Gasteiger partial charge in [0.1, 0.15) is 11.5 Å². The molecule has 4 heteroatoms. The molecule has 142 valence electrons. The highest BCUT2D eigenvalue weighted by Crippen LogP contribution is 2.42. The average molecular weight is 374 g/mol. The fourth-order valence-corrected chi connectivity index (χ4v) is 3.57. The molecule has 0 aliphatic rings. The molecular weight excluding hydrogens is 343 g/mol. The second kappa shape index (κ2) is 11.2. The maximum atomic E-state index is 6.08. The minimum atomic E-state index is -1.49. The van der Waals surface area contributed by atoms with E-state index in [0.717, 1.165) is 17.9 Å². The van der Waals surface area contributed by atoms with Crippen molar-refractivity contribution in [3.05, 3.63) is 59.7 Å². The second-order valence-corrected chi connectivity index (χ2v) is 7.82. The van der Waals surface area contributed by atoms with E-state index in [1.54, 1.807) is 0 Å². The van der Waals surface area contributed by atoms with Gasteiger partial charge in [0.05, 0.1) is 6.61 Å². The molecule has 2 aromatic rings. The molecule has 0 heterocycles. The van der Waals surface area contributed by atoms with Crippen LogP contribution >= 0.6 is 8.60 Å². The fourth-order valence-electron chi connectivity index (χ4n) is 2.51. The molecule has 1 unspecified atom stereocenters. The average Bonchev–Trinajstić information content (AvgIpc) is 2.65. The fraction of sp³-hybridized carbons (Fsp3) is 0.455. The molecule has 2 aromatic carbocycles. The van der Waals surface area contributed by atoms with E-state index in [2.05, 4.69) is 27.7 Å². The van der Waals surface area contributed by atoms with Crippen molar-refractivity contribution >= 4 is 8.60 Å². The van der Waals surface area contributed by atoms with Crippen LogP contribution in [0.25, 0.3) is 0 Å². The Labute approximate surface area is 159 Å². The third kappa shape index (κ3) is 7.35. The van der Waals surface area contributed by atoms with Gasteiger partial charge in [-0.3, -0.25) is 4.52 Å². The summed E-state index contributed by atoms with van der Waals surface area (Å²) in [5, 5.41) is 0. The van der Waals surface area contributed by atoms with Crippen LogP contribution in [0.4, 0.5) is 0 Å². The zero-order chi connectivity index (χ0) is 18.8. The van der Waals surface area contributed by atoms with E-state index in [1.807, 2.05) is 48.5 Å². The van der Waals surface area contributed by atoms with Gasteiger partial charge in [0, 0.05) is 0 Å². The van der Waals surface area contributed by atoms with Gasteiger partial charge in [-0.05, 0) is 50.5 Å². The Balaban J connectivity index is 2.01. The Hall–Kier alpha value is -1.57. The van der Waals surface area contributed by atoms with Gasteiger partial charge in [0.2, 0.25) is 0 Å². The number of hydrogen-bond acceptors (Lipinski definition) is 3. The van der Waals surface area contributed by atoms with Crippen molar-refractivity contribution in [1.82, 2.24) is 0 Å². The van der Waals surface area contributed by atoms with E-state index in [9.17, 15) is 0 Å². The predicted octanol–water partition coefficient (Wildman–Crippen LogP) is 7.22. The molecule has 0 aliphatic carbocycles. The molecule has 0 aromatic heterocycles. The molecule has 2 rings (SSSR count). The summed E-state index contributed by atoms with van der Waals surface area (Å²) < 4.78 is 18.1. The Bertz CT molecular complexity index is 577. The lowest BCUT2D eigenvalue weighted by atomic mass is 10.0. The Morgan fingerprint density at radius 1 is 0.808 bits per heavy atom. The maximum absolute atomic E-state index is 6.08. The van der Waals surface area contributed by atoms with Crippen LogP contribution in [-0.4, -0.2) is 6.61 Å². The molecule has 3 nitrogen and oxygen atoms in total. The summed E-state index contributed by atoms with van der Waals surface area (Å²) in [6, 6.07) is 16.0. The van der Waals surface area contributed by atoms with Crippen LogP contribution in [0.3, 0.4) is 0 Å². The summed E-state index contributed by atoms with van der Waals surface area (Å²) in [5.74, 6) is 2.09. The lowest BCUT2D eigenvalue weighted by Crippen LogP contribution is -2.10. The Morgan fingerprint density at radius 3 is 1.73 bits per heavy atom. The zero-order valence-corrected chi connectivity index (χ0v) is 17.3. The first-order valence-corrected chi connectivity index (χ1v) is 10.6. The summed E-state index contributed by atoms with van der Waals surface area (Å²) >= 11 is 0. The van der Waals surface area contributed by atoms with Crippen LogP contribution in [0.15, 0.2) is 48.5 Å². The van der Waals surface area contributed by atoms with Crippen LogP contribution in [0.1, 0.15) is 50.7 Å². The SMILES string of the molecule is CCCCC(CC)COP(Oc1ccc(C)cc1)Oc1ccc(C)cc1. The third-order valence-corrected chi connectivity index (χ3v) is 5.44. The van der Waals surface area contributed by atoms with Crippen molar-refractivity contribution in [2.24, 2.45) is 5.92 Å². The number of unbranched alkanes of at least 4 members (excludes halogenated alkanes) is 1. The monoisotopic (exact) mass is 374 g/mol. The van der Waals surface area contributed by atoms with Crippen molar-refractivity contribution in [1.29, 1.82) is 0 Å². The van der Waals surface area contributed by atoms with Crippen LogP contribution in [0.5, 0.6) is 11.5 Å². The molecule has 1 atom stereocenters. The van der Waals surface area contributed by atoms with E-state index in [4.69, 9.17) is 13.6 Å². The Kier molecular flexibility index (Phi) is 8.94. The first kappa shape index (κ1) is 20.7. The summed E-state index contributed by atoms with van der Waals surface area (Å²) in [5.41, 5.74) is 2.40. The molecule has 0 radical (unpaired) electrons. The van der Waals surface area contributed by atoms with E-state index in [-0.39, 0.29) is 0 Å². The van der Waals surface area contributed by atoms with E-state index in [1.165, 1.54) is 30.4 Å². The van der Waals surface area contributed by atoms with Crippen molar-refractivity contribution in [3.63, 3.8) is 0 Å². The number of benzene rings is 2. The number of aryl methyl sites for hydroxylation is 2. The standard InChI is InChI=1S/C22H31O3P/c1-5-7-8-20(6-2)17-23-26(24-21-13-9-18(3)10-14-21)25-22-15-11-19(4)12-16-22/h9-16,20H,5-8,17H2,1-4H3. The van der Waals surface area contributed by atoms with E-state index in [0.29, 0.717) is 12.5 Å². The molecule has 26 heavy (non-hydrogen) atoms. The molecule has 0 amide bonds. The molecule has 0 spiro atoms. The number of hydrogen-bond donors (Lipinski definition) is 0. The van der Waals surface area contributed by atoms with E-state index >= 15 is 0 Å². The first-order chi connectivity index (χ1) is 12.6. The first-order valence-electron chi connectivity index (χ1n) is 9.53. The van der Waals surface area contributed by atoms with Gasteiger partial charge in [0.15, 0.2) is 0 Å². The van der Waals surface area contributed by atoms with Gasteiger partial charge < -0.3 is 9.05 Å². The summed E-state index contributed by atoms with van der Waals surface area (Å²) in [6.45, 7) is 9.23. The molecule has 0 saturated carbocycles. The summed E-state index contributed by atoms with van der Waals surface area (Å²) in [6.07, 6.45) is 4.74. The van der Waals surface area contributed by atoms with Crippen LogP contribution in [-0.2, 0) is 4.52 Å². The van der Waals surface area contributed by atoms with Gasteiger partial charge in [0.25, 0.3) is 0 Å². The van der Waals surface area contributed by atoms with Crippen LogP contribution in [0.2, 0.25) is 0 Å². The smallest absolute Gasteiger partial charge is 0.418 e. The quantitative estimate of drug-likeness (QED) is 0.389. The molecule has 0 fully saturated rings. The van der Waals surface area contributed by atoms with Gasteiger partial charge in [-0.25, -0.2) is 0 Å². The minimum Gasteiger partial charge on any atom is -0.418 e. The van der Waals surface area contributed by atoms with Gasteiger partial charge in [-0.2, -0.15) is 0 Å². The highest BCUT2D eigenvalue weighted by Gasteiger charge is 2.19. The van der Waals surface area contributed by atoms with Crippen LogP contribution in [0, 0.1) is 19.8 Å². The second-order valence-electron chi connectivity index (χ2n) is 6.74. The third-order valence-electron chi connectivity index (χ3n) is 4.36. The molecular formula is C22H31O3P. The van der Waals surface area contributed by atoms with Gasteiger partial charge in [-0.15, -0.1) is 0 Å². The summed E-state index contributed by atoms with van der Waals surface area (Å²) in [7, 11) is -1.49. The normalized spacial score (nSPS) is 12.2. The largest absolute Gasteiger partial charge is 0.463 e. The van der Waals surface area contributed by atoms with Crippen molar-refractivity contribution in [3.8, 4) is 11.5 Å². The topological polar surface area (TPSA) is 27.7 Å². The molecule has 0 aliphatic heterocycles. The summed E-state index contributed by atoms with van der Waals surface area (Å²) in [4.78, 5) is 0. The highest BCUT2D eigenvalue weighted by atomic mass is 31.2. The number of rotatable bonds is 11. The predicted molar refractivity (Wildman–Crippen MR) is 110 cm³/mol. The molecule has 0 saturated heterocycles. The maximum Gasteiger partial charge on any atom is 0.463 e. The lowest BCUT2D eigenvalue weighted by molar-refractivity contribution is 0.208. The lowest BCUT2D eigenvalue weighted by Gasteiger charge is -2.21. The highest BCUT2D eigenvalue weighted by molar-refractivity contribution is 7.42. The van der Waals surface area contributed by atoms with Crippen molar-refractivity contribution in [2.45, 2.75) is 53.4 Å². The van der Waals surface area contributed by atoms with Crippen LogP contribution < -0.4 is 9.05 Å². The van der Waals surface area contributed by atoms with E-state index < -0.39 is 8.60 Å².